The van der Waals surface area contributed by atoms with E-state index in [1.54, 1.807) is 42.5 Å². The minimum absolute atomic E-state index is 0.392. The van der Waals surface area contributed by atoms with Gasteiger partial charge in [0.2, 0.25) is 11.8 Å². The SMILES string of the molecule is CCOc1cc(C=NNC(=O)CC(=O)Nc2ccccc2Cl)ccc1OCc1ccc(Br)cc1. The van der Waals surface area contributed by atoms with Crippen LogP contribution in [0.2, 0.25) is 5.02 Å². The molecule has 2 N–H and O–H groups in total. The Balaban J connectivity index is 1.54. The molecule has 0 aromatic heterocycles. The van der Waals surface area contributed by atoms with Crippen molar-refractivity contribution in [3.63, 3.8) is 0 Å². The van der Waals surface area contributed by atoms with Gasteiger partial charge in [-0.05, 0) is 60.5 Å². The number of carbonyl (C=O) groups excluding carboxylic acids is 2. The first-order valence-corrected chi connectivity index (χ1v) is 11.6. The van der Waals surface area contributed by atoms with Crippen LogP contribution < -0.4 is 20.2 Å². The molecule has 0 unspecified atom stereocenters. The van der Waals surface area contributed by atoms with Gasteiger partial charge in [-0.25, -0.2) is 5.43 Å². The number of para-hydroxylation sites is 1. The molecule has 0 atom stereocenters. The van der Waals surface area contributed by atoms with Gasteiger partial charge >= 0.3 is 0 Å². The number of rotatable bonds is 10. The summed E-state index contributed by atoms with van der Waals surface area (Å²) in [7, 11) is 0. The molecule has 0 spiro atoms. The summed E-state index contributed by atoms with van der Waals surface area (Å²) in [5.74, 6) is 0.114. The van der Waals surface area contributed by atoms with E-state index in [1.807, 2.05) is 31.2 Å². The minimum Gasteiger partial charge on any atom is -0.490 e. The van der Waals surface area contributed by atoms with E-state index in [1.165, 1.54) is 6.21 Å². The second-order valence-corrected chi connectivity index (χ2v) is 8.38. The van der Waals surface area contributed by atoms with E-state index in [-0.39, 0.29) is 0 Å². The maximum atomic E-state index is 12.0. The van der Waals surface area contributed by atoms with Gasteiger partial charge < -0.3 is 14.8 Å². The van der Waals surface area contributed by atoms with Crippen molar-refractivity contribution in [3.8, 4) is 11.5 Å². The Bertz CT molecular complexity index is 1170. The molecule has 0 saturated carbocycles. The van der Waals surface area contributed by atoms with Crippen LogP contribution in [-0.4, -0.2) is 24.6 Å². The molecule has 0 aliphatic carbocycles. The van der Waals surface area contributed by atoms with Gasteiger partial charge in [0.25, 0.3) is 0 Å². The Kier molecular flexibility index (Phi) is 9.49. The number of nitrogens with zero attached hydrogens (tertiary/aromatic N) is 1. The number of ether oxygens (including phenoxy) is 2. The summed E-state index contributed by atoms with van der Waals surface area (Å²) < 4.78 is 12.6. The lowest BCUT2D eigenvalue weighted by Crippen LogP contribution is -2.24. The number of hydrazone groups is 1. The Hall–Kier alpha value is -3.36. The molecule has 34 heavy (non-hydrogen) atoms. The summed E-state index contributed by atoms with van der Waals surface area (Å²) in [6.07, 6.45) is 1.07. The summed E-state index contributed by atoms with van der Waals surface area (Å²) in [6, 6.07) is 20.0. The van der Waals surface area contributed by atoms with Crippen LogP contribution in [0.3, 0.4) is 0 Å². The molecule has 3 aromatic rings. The van der Waals surface area contributed by atoms with E-state index in [0.717, 1.165) is 10.0 Å². The molecule has 7 nitrogen and oxygen atoms in total. The van der Waals surface area contributed by atoms with E-state index in [9.17, 15) is 9.59 Å². The van der Waals surface area contributed by atoms with Crippen LogP contribution in [0.4, 0.5) is 5.69 Å². The van der Waals surface area contributed by atoms with Crippen molar-refractivity contribution >= 4 is 51.2 Å². The maximum absolute atomic E-state index is 12.0. The summed E-state index contributed by atoms with van der Waals surface area (Å²) in [4.78, 5) is 24.0. The number of hydrogen-bond acceptors (Lipinski definition) is 5. The number of benzene rings is 3. The number of amides is 2. The van der Waals surface area contributed by atoms with Crippen molar-refractivity contribution in [1.82, 2.24) is 5.43 Å². The van der Waals surface area contributed by atoms with Crippen LogP contribution >= 0.6 is 27.5 Å². The lowest BCUT2D eigenvalue weighted by Gasteiger charge is -2.12. The normalized spacial score (nSPS) is 10.7. The summed E-state index contributed by atoms with van der Waals surface area (Å²) >= 11 is 9.41. The first kappa shape index (κ1) is 25.3. The van der Waals surface area contributed by atoms with Gasteiger partial charge in [-0.15, -0.1) is 0 Å². The molecule has 176 valence electrons. The molecule has 0 saturated heterocycles. The Morgan fingerprint density at radius 1 is 1.00 bits per heavy atom. The molecule has 0 radical (unpaired) electrons. The van der Waals surface area contributed by atoms with Crippen LogP contribution in [0.25, 0.3) is 0 Å². The monoisotopic (exact) mass is 543 g/mol. The number of halogens is 2. The third kappa shape index (κ3) is 7.90. The molecular formula is C25H23BrClN3O4. The lowest BCUT2D eigenvalue weighted by atomic mass is 10.2. The predicted octanol–water partition coefficient (Wildman–Crippen LogP) is 5.56. The van der Waals surface area contributed by atoms with E-state index in [2.05, 4.69) is 31.8 Å². The first-order valence-electron chi connectivity index (χ1n) is 10.4. The van der Waals surface area contributed by atoms with Gasteiger partial charge in [0.1, 0.15) is 13.0 Å². The largest absolute Gasteiger partial charge is 0.490 e. The smallest absolute Gasteiger partial charge is 0.249 e. The minimum atomic E-state index is -0.555. The zero-order chi connectivity index (χ0) is 24.3. The van der Waals surface area contributed by atoms with E-state index < -0.39 is 18.2 Å². The molecule has 0 fully saturated rings. The van der Waals surface area contributed by atoms with Crippen LogP contribution in [-0.2, 0) is 16.2 Å². The average Bonchev–Trinajstić information content (AvgIpc) is 2.81. The zero-order valence-electron chi connectivity index (χ0n) is 18.4. The highest BCUT2D eigenvalue weighted by atomic mass is 79.9. The molecule has 0 aliphatic heterocycles. The number of nitrogens with one attached hydrogen (secondary N) is 2. The molecule has 2 amide bonds. The van der Waals surface area contributed by atoms with Gasteiger partial charge in [0.15, 0.2) is 11.5 Å². The fourth-order valence-electron chi connectivity index (χ4n) is 2.86. The fourth-order valence-corrected chi connectivity index (χ4v) is 3.30. The molecule has 0 aliphatic rings. The predicted molar refractivity (Wildman–Crippen MR) is 137 cm³/mol. The molecule has 0 bridgehead atoms. The van der Waals surface area contributed by atoms with Crippen LogP contribution in [0.5, 0.6) is 11.5 Å². The molecule has 0 heterocycles. The third-order valence-corrected chi connectivity index (χ3v) is 5.31. The van der Waals surface area contributed by atoms with Crippen LogP contribution in [0.15, 0.2) is 76.3 Å². The van der Waals surface area contributed by atoms with Crippen molar-refractivity contribution < 1.29 is 19.1 Å². The van der Waals surface area contributed by atoms with Gasteiger partial charge in [-0.1, -0.05) is 51.8 Å². The second kappa shape index (κ2) is 12.8. The molecule has 3 aromatic carbocycles. The Morgan fingerprint density at radius 3 is 2.50 bits per heavy atom. The first-order chi connectivity index (χ1) is 16.4. The average molecular weight is 545 g/mol. The number of anilines is 1. The van der Waals surface area contributed by atoms with Crippen molar-refractivity contribution in [3.05, 3.63) is 87.4 Å². The van der Waals surface area contributed by atoms with Crippen molar-refractivity contribution in [2.75, 3.05) is 11.9 Å². The third-order valence-electron chi connectivity index (χ3n) is 4.45. The summed E-state index contributed by atoms with van der Waals surface area (Å²) in [6.45, 7) is 2.74. The second-order valence-electron chi connectivity index (χ2n) is 7.05. The quantitative estimate of drug-likeness (QED) is 0.199. The fraction of sp³-hybridized carbons (Fsp3) is 0.160. The highest BCUT2D eigenvalue weighted by Gasteiger charge is 2.11. The molecular weight excluding hydrogens is 522 g/mol. The van der Waals surface area contributed by atoms with Gasteiger partial charge in [0.05, 0.1) is 23.5 Å². The van der Waals surface area contributed by atoms with Crippen molar-refractivity contribution in [2.45, 2.75) is 20.0 Å². The van der Waals surface area contributed by atoms with E-state index >= 15 is 0 Å². The summed E-state index contributed by atoms with van der Waals surface area (Å²) in [5, 5.41) is 6.90. The standard InChI is InChI=1S/C25H23BrClN3O4/c1-2-33-23-13-18(9-12-22(23)34-16-17-7-10-19(26)11-8-17)15-28-30-25(32)14-24(31)29-21-6-4-3-5-20(21)27/h3-13,15H,2,14,16H2,1H3,(H,29,31)(H,30,32). The molecule has 3 rings (SSSR count). The highest BCUT2D eigenvalue weighted by Crippen LogP contribution is 2.29. The van der Waals surface area contributed by atoms with Crippen LogP contribution in [0.1, 0.15) is 24.5 Å². The topological polar surface area (TPSA) is 89.0 Å². The van der Waals surface area contributed by atoms with E-state index in [0.29, 0.717) is 41.0 Å². The van der Waals surface area contributed by atoms with E-state index in [4.69, 9.17) is 21.1 Å². The number of hydrogen-bond donors (Lipinski definition) is 2. The van der Waals surface area contributed by atoms with Crippen molar-refractivity contribution in [2.24, 2.45) is 5.10 Å². The number of carbonyl (C=O) groups is 2. The lowest BCUT2D eigenvalue weighted by molar-refractivity contribution is -0.126. The van der Waals surface area contributed by atoms with Gasteiger partial charge in [0, 0.05) is 4.47 Å². The highest BCUT2D eigenvalue weighted by molar-refractivity contribution is 9.10. The maximum Gasteiger partial charge on any atom is 0.249 e. The van der Waals surface area contributed by atoms with Crippen LogP contribution in [0, 0.1) is 0 Å². The van der Waals surface area contributed by atoms with Crippen molar-refractivity contribution in [1.29, 1.82) is 0 Å². The van der Waals surface area contributed by atoms with Gasteiger partial charge in [-0.2, -0.15) is 5.10 Å². The Morgan fingerprint density at radius 2 is 1.76 bits per heavy atom. The molecule has 9 heteroatoms. The van der Waals surface area contributed by atoms with Gasteiger partial charge in [-0.3, -0.25) is 9.59 Å². The summed E-state index contributed by atoms with van der Waals surface area (Å²) in [5.41, 5.74) is 4.50. The zero-order valence-corrected chi connectivity index (χ0v) is 20.7. The Labute approximate surface area is 211 Å².